The molecule has 0 bridgehead atoms. The van der Waals surface area contributed by atoms with E-state index in [0.29, 0.717) is 13.1 Å². The lowest BCUT2D eigenvalue weighted by atomic mass is 10.2. The van der Waals surface area contributed by atoms with Crippen molar-refractivity contribution in [3.8, 4) is 0 Å². The molecule has 1 aliphatic rings. The number of nitrogens with zero attached hydrogens (tertiary/aromatic N) is 2. The Bertz CT molecular complexity index is 750. The maximum Gasteiger partial charge on any atom is 0.441 e. The van der Waals surface area contributed by atoms with Gasteiger partial charge in [-0.15, -0.1) is 0 Å². The van der Waals surface area contributed by atoms with Crippen molar-refractivity contribution in [1.29, 1.82) is 0 Å². The first-order valence-electron chi connectivity index (χ1n) is 7.84. The number of halogens is 3. The molecule has 1 N–H and O–H groups in total. The van der Waals surface area contributed by atoms with Gasteiger partial charge in [-0.25, -0.2) is 8.42 Å². The van der Waals surface area contributed by atoms with Crippen LogP contribution in [0.3, 0.4) is 0 Å². The van der Waals surface area contributed by atoms with Gasteiger partial charge in [0.05, 0.1) is 9.82 Å². The van der Waals surface area contributed by atoms with Crippen molar-refractivity contribution in [2.24, 2.45) is 0 Å². The van der Waals surface area contributed by atoms with Gasteiger partial charge in [-0.3, -0.25) is 10.1 Å². The minimum absolute atomic E-state index is 0.0182. The maximum atomic E-state index is 12.6. The topological polar surface area (TPSA) is 92.5 Å². The molecule has 0 radical (unpaired) electrons. The third-order valence-electron chi connectivity index (χ3n) is 3.80. The molecule has 1 heterocycles. The highest BCUT2D eigenvalue weighted by molar-refractivity contribution is 8.00. The Morgan fingerprint density at radius 3 is 2.46 bits per heavy atom. The Kier molecular flexibility index (Phi) is 6.74. The smallest absolute Gasteiger partial charge is 0.379 e. The molecule has 1 fully saturated rings. The lowest BCUT2D eigenvalue weighted by Gasteiger charge is -2.25. The van der Waals surface area contributed by atoms with Crippen LogP contribution in [0.2, 0.25) is 0 Å². The number of benzene rings is 1. The Balaban J connectivity index is 2.16. The Hall–Kier alpha value is -1.53. The molecular weight excluding hydrogens is 395 g/mol. The summed E-state index contributed by atoms with van der Waals surface area (Å²) in [6.45, 7) is 0.582. The Labute approximate surface area is 153 Å². The standard InChI is InChI=1S/C14H18F3N3O4S2/c15-14(16,17)25-9-6-18-12-5-4-11(10-13(12)20(21)22)26(23,24)19-7-2-1-3-8-19/h4-5,10,18H,1-3,6-9H2. The molecule has 0 spiro atoms. The summed E-state index contributed by atoms with van der Waals surface area (Å²) >= 11 is -0.242. The maximum absolute atomic E-state index is 12.6. The van der Waals surface area contributed by atoms with E-state index < -0.39 is 26.1 Å². The first-order valence-corrected chi connectivity index (χ1v) is 10.3. The van der Waals surface area contributed by atoms with Crippen LogP contribution in [0.4, 0.5) is 24.5 Å². The first kappa shape index (κ1) is 20.8. The summed E-state index contributed by atoms with van der Waals surface area (Å²) in [5.74, 6) is -0.325. The molecule has 0 atom stereocenters. The molecule has 0 aliphatic carbocycles. The third-order valence-corrected chi connectivity index (χ3v) is 6.43. The van der Waals surface area contributed by atoms with Gasteiger partial charge in [0.15, 0.2) is 0 Å². The molecular formula is C14H18F3N3O4S2. The van der Waals surface area contributed by atoms with E-state index >= 15 is 0 Å². The summed E-state index contributed by atoms with van der Waals surface area (Å²) in [6, 6.07) is 3.40. The van der Waals surface area contributed by atoms with Crippen LogP contribution in [0.25, 0.3) is 0 Å². The predicted octanol–water partition coefficient (Wildman–Crippen LogP) is 3.43. The van der Waals surface area contributed by atoms with Gasteiger partial charge in [-0.05, 0) is 36.7 Å². The Morgan fingerprint density at radius 2 is 1.88 bits per heavy atom. The van der Waals surface area contributed by atoms with E-state index in [1.807, 2.05) is 0 Å². The van der Waals surface area contributed by atoms with Crippen LogP contribution in [0, 0.1) is 10.1 Å². The number of nitro benzene ring substituents is 1. The first-order chi connectivity index (χ1) is 12.1. The largest absolute Gasteiger partial charge is 0.441 e. The second kappa shape index (κ2) is 8.44. The highest BCUT2D eigenvalue weighted by Crippen LogP contribution is 2.32. The number of alkyl halides is 3. The van der Waals surface area contributed by atoms with Crippen molar-refractivity contribution < 1.29 is 26.5 Å². The van der Waals surface area contributed by atoms with E-state index in [0.717, 1.165) is 25.3 Å². The molecule has 1 aromatic carbocycles. The van der Waals surface area contributed by atoms with Crippen molar-refractivity contribution in [2.45, 2.75) is 29.7 Å². The molecule has 0 saturated carbocycles. The number of hydrogen-bond acceptors (Lipinski definition) is 6. The molecule has 0 unspecified atom stereocenters. The quantitative estimate of drug-likeness (QED) is 0.418. The average Bonchev–Trinajstić information content (AvgIpc) is 2.58. The summed E-state index contributed by atoms with van der Waals surface area (Å²) in [6.07, 6.45) is 2.40. The van der Waals surface area contributed by atoms with Crippen LogP contribution in [0.1, 0.15) is 19.3 Å². The normalized spacial score (nSPS) is 16.4. The predicted molar refractivity (Wildman–Crippen MR) is 92.7 cm³/mol. The van der Waals surface area contributed by atoms with Gasteiger partial charge in [0.2, 0.25) is 10.0 Å². The highest BCUT2D eigenvalue weighted by atomic mass is 32.2. The van der Waals surface area contributed by atoms with Crippen molar-refractivity contribution in [1.82, 2.24) is 4.31 Å². The number of nitrogens with one attached hydrogen (secondary N) is 1. The second-order valence-electron chi connectivity index (χ2n) is 5.62. The van der Waals surface area contributed by atoms with Gasteiger partial charge in [-0.1, -0.05) is 6.42 Å². The number of sulfonamides is 1. The van der Waals surface area contributed by atoms with E-state index in [4.69, 9.17) is 0 Å². The zero-order chi connectivity index (χ0) is 19.4. The van der Waals surface area contributed by atoms with Crippen LogP contribution in [-0.4, -0.2) is 48.5 Å². The van der Waals surface area contributed by atoms with Crippen LogP contribution in [0.15, 0.2) is 23.1 Å². The van der Waals surface area contributed by atoms with E-state index in [1.165, 1.54) is 16.4 Å². The zero-order valence-electron chi connectivity index (χ0n) is 13.7. The van der Waals surface area contributed by atoms with Crippen LogP contribution in [0.5, 0.6) is 0 Å². The minimum atomic E-state index is -4.38. The monoisotopic (exact) mass is 413 g/mol. The average molecular weight is 413 g/mol. The number of anilines is 1. The molecule has 146 valence electrons. The van der Waals surface area contributed by atoms with E-state index in [9.17, 15) is 31.7 Å². The number of thioether (sulfide) groups is 1. The number of hydrogen-bond donors (Lipinski definition) is 1. The van der Waals surface area contributed by atoms with Gasteiger partial charge in [0.1, 0.15) is 5.69 Å². The summed E-state index contributed by atoms with van der Waals surface area (Å²) in [5, 5.41) is 13.8. The summed E-state index contributed by atoms with van der Waals surface area (Å²) in [5.41, 5.74) is -4.88. The van der Waals surface area contributed by atoms with Gasteiger partial charge in [0.25, 0.3) is 5.69 Å². The van der Waals surface area contributed by atoms with Crippen molar-refractivity contribution in [3.05, 3.63) is 28.3 Å². The number of rotatable bonds is 7. The molecule has 0 amide bonds. The van der Waals surface area contributed by atoms with Crippen molar-refractivity contribution >= 4 is 33.2 Å². The Morgan fingerprint density at radius 1 is 1.23 bits per heavy atom. The zero-order valence-corrected chi connectivity index (χ0v) is 15.3. The van der Waals surface area contributed by atoms with Crippen LogP contribution < -0.4 is 5.32 Å². The van der Waals surface area contributed by atoms with E-state index in [1.54, 1.807) is 0 Å². The fraction of sp³-hybridized carbons (Fsp3) is 0.571. The fourth-order valence-corrected chi connectivity index (χ4v) is 4.55. The molecule has 12 heteroatoms. The minimum Gasteiger partial charge on any atom is -0.379 e. The van der Waals surface area contributed by atoms with Gasteiger partial charge >= 0.3 is 5.51 Å². The molecule has 1 aromatic rings. The second-order valence-corrected chi connectivity index (χ2v) is 8.72. The van der Waals surface area contributed by atoms with Gasteiger partial charge in [0, 0.05) is 31.5 Å². The van der Waals surface area contributed by atoms with Gasteiger partial charge < -0.3 is 5.32 Å². The fourth-order valence-electron chi connectivity index (χ4n) is 2.58. The molecule has 0 aromatic heterocycles. The SMILES string of the molecule is O=[N+]([O-])c1cc(S(=O)(=O)N2CCCCC2)ccc1NCCSC(F)(F)F. The highest BCUT2D eigenvalue weighted by Gasteiger charge is 2.29. The summed E-state index contributed by atoms with van der Waals surface area (Å²) in [7, 11) is -3.83. The van der Waals surface area contributed by atoms with Crippen LogP contribution in [-0.2, 0) is 10.0 Å². The van der Waals surface area contributed by atoms with Crippen molar-refractivity contribution in [2.75, 3.05) is 30.7 Å². The van der Waals surface area contributed by atoms with Crippen LogP contribution >= 0.6 is 11.8 Å². The number of nitro groups is 1. The van der Waals surface area contributed by atoms with Crippen molar-refractivity contribution in [3.63, 3.8) is 0 Å². The molecule has 1 saturated heterocycles. The lowest BCUT2D eigenvalue weighted by molar-refractivity contribution is -0.384. The number of piperidine rings is 1. The summed E-state index contributed by atoms with van der Waals surface area (Å²) in [4.78, 5) is 10.3. The van der Waals surface area contributed by atoms with E-state index in [2.05, 4.69) is 5.32 Å². The van der Waals surface area contributed by atoms with Gasteiger partial charge in [-0.2, -0.15) is 17.5 Å². The third kappa shape index (κ3) is 5.48. The summed E-state index contributed by atoms with van der Waals surface area (Å²) < 4.78 is 62.8. The molecule has 1 aliphatic heterocycles. The lowest BCUT2D eigenvalue weighted by Crippen LogP contribution is -2.35. The molecule has 26 heavy (non-hydrogen) atoms. The molecule has 2 rings (SSSR count). The van der Waals surface area contributed by atoms with E-state index in [-0.39, 0.29) is 34.6 Å². The molecule has 7 nitrogen and oxygen atoms in total.